The average Bonchev–Trinajstić information content (AvgIpc) is 2.39. The van der Waals surface area contributed by atoms with Crippen molar-refractivity contribution in [1.82, 2.24) is 9.88 Å². The summed E-state index contributed by atoms with van der Waals surface area (Å²) in [6.07, 6.45) is 2.97. The largest absolute Gasteiger partial charge is 0.367 e. The molecule has 0 N–H and O–H groups in total. The van der Waals surface area contributed by atoms with Crippen LogP contribution in [0, 0.1) is 11.3 Å². The number of anilines is 1. The molecule has 1 saturated heterocycles. The maximum Gasteiger partial charge on any atom is 0.140 e. The molecule has 1 aromatic heterocycles. The Bertz CT molecular complexity index is 406. The molecule has 2 rings (SSSR count). The van der Waals surface area contributed by atoms with Gasteiger partial charge < -0.3 is 4.90 Å². The first-order valence-electron chi connectivity index (χ1n) is 6.06. The maximum atomic E-state index is 8.72. The van der Waals surface area contributed by atoms with E-state index in [2.05, 4.69) is 28.8 Å². The molecule has 1 atom stereocenters. The molecule has 90 valence electrons. The number of hydrogen-bond acceptors (Lipinski definition) is 4. The third-order valence-electron chi connectivity index (χ3n) is 3.48. The molecule has 0 radical (unpaired) electrons. The van der Waals surface area contributed by atoms with Crippen LogP contribution < -0.4 is 4.90 Å². The number of nitriles is 1. The SMILES string of the molecule is CCC1CN(c2ccc(C#N)nc2)CCN1C. The third kappa shape index (κ3) is 2.56. The zero-order valence-electron chi connectivity index (χ0n) is 10.4. The Morgan fingerprint density at radius 2 is 2.29 bits per heavy atom. The molecule has 2 heterocycles. The molecule has 4 nitrogen and oxygen atoms in total. The molecule has 0 amide bonds. The molecule has 0 bridgehead atoms. The van der Waals surface area contributed by atoms with Crippen LogP contribution in [0.4, 0.5) is 5.69 Å². The lowest BCUT2D eigenvalue weighted by Gasteiger charge is -2.40. The van der Waals surface area contributed by atoms with Gasteiger partial charge in [0.05, 0.1) is 11.9 Å². The van der Waals surface area contributed by atoms with Gasteiger partial charge in [0.2, 0.25) is 0 Å². The Morgan fingerprint density at radius 3 is 2.88 bits per heavy atom. The molecule has 0 aromatic carbocycles. The molecule has 1 aromatic rings. The van der Waals surface area contributed by atoms with Gasteiger partial charge in [0.1, 0.15) is 11.8 Å². The van der Waals surface area contributed by atoms with Gasteiger partial charge in [-0.15, -0.1) is 0 Å². The van der Waals surface area contributed by atoms with Crippen LogP contribution in [0.15, 0.2) is 18.3 Å². The molecule has 4 heteroatoms. The smallest absolute Gasteiger partial charge is 0.140 e. The van der Waals surface area contributed by atoms with Crippen LogP contribution in [0.1, 0.15) is 19.0 Å². The van der Waals surface area contributed by atoms with Crippen molar-refractivity contribution in [1.29, 1.82) is 5.26 Å². The van der Waals surface area contributed by atoms with Crippen molar-refractivity contribution in [3.63, 3.8) is 0 Å². The summed E-state index contributed by atoms with van der Waals surface area (Å²) in [6.45, 7) is 5.38. The summed E-state index contributed by atoms with van der Waals surface area (Å²) in [7, 11) is 2.18. The number of piperazine rings is 1. The van der Waals surface area contributed by atoms with Crippen LogP contribution in [-0.2, 0) is 0 Å². The summed E-state index contributed by atoms with van der Waals surface area (Å²) in [6, 6.07) is 6.43. The minimum absolute atomic E-state index is 0.481. The lowest BCUT2D eigenvalue weighted by Crippen LogP contribution is -2.51. The van der Waals surface area contributed by atoms with Gasteiger partial charge in [-0.25, -0.2) is 4.98 Å². The van der Waals surface area contributed by atoms with Crippen LogP contribution in [-0.4, -0.2) is 42.6 Å². The molecule has 1 fully saturated rings. The molecule has 1 aliphatic heterocycles. The highest BCUT2D eigenvalue weighted by Gasteiger charge is 2.22. The zero-order valence-corrected chi connectivity index (χ0v) is 10.4. The fourth-order valence-electron chi connectivity index (χ4n) is 2.26. The van der Waals surface area contributed by atoms with E-state index in [-0.39, 0.29) is 0 Å². The topological polar surface area (TPSA) is 43.2 Å². The number of likely N-dealkylation sites (N-methyl/N-ethyl adjacent to an activating group) is 1. The van der Waals surface area contributed by atoms with Crippen molar-refractivity contribution in [3.8, 4) is 6.07 Å². The first-order valence-corrected chi connectivity index (χ1v) is 6.06. The number of pyridine rings is 1. The summed E-state index contributed by atoms with van der Waals surface area (Å²) in [5, 5.41) is 8.72. The van der Waals surface area contributed by atoms with Crippen LogP contribution in [0.5, 0.6) is 0 Å². The standard InChI is InChI=1S/C13H18N4/c1-3-12-10-17(7-6-16(12)2)13-5-4-11(8-14)15-9-13/h4-5,9,12H,3,6-7,10H2,1-2H3. The van der Waals surface area contributed by atoms with E-state index in [1.54, 1.807) is 12.3 Å². The second-order valence-corrected chi connectivity index (χ2v) is 4.50. The Morgan fingerprint density at radius 1 is 1.47 bits per heavy atom. The molecule has 0 spiro atoms. The van der Waals surface area contributed by atoms with Crippen molar-refractivity contribution in [2.45, 2.75) is 19.4 Å². The van der Waals surface area contributed by atoms with Crippen molar-refractivity contribution in [3.05, 3.63) is 24.0 Å². The number of aromatic nitrogens is 1. The monoisotopic (exact) mass is 230 g/mol. The van der Waals surface area contributed by atoms with Crippen molar-refractivity contribution < 1.29 is 0 Å². The first-order chi connectivity index (χ1) is 8.24. The van der Waals surface area contributed by atoms with E-state index in [4.69, 9.17) is 5.26 Å². The molecule has 1 aliphatic rings. The van der Waals surface area contributed by atoms with Crippen LogP contribution in [0.25, 0.3) is 0 Å². The molecular weight excluding hydrogens is 212 g/mol. The van der Waals surface area contributed by atoms with Gasteiger partial charge >= 0.3 is 0 Å². The minimum atomic E-state index is 0.481. The first kappa shape index (κ1) is 11.9. The Balaban J connectivity index is 2.09. The normalized spacial score (nSPS) is 21.2. The molecule has 1 unspecified atom stereocenters. The molecule has 0 aliphatic carbocycles. The summed E-state index contributed by atoms with van der Waals surface area (Å²) in [4.78, 5) is 8.89. The summed E-state index contributed by atoms with van der Waals surface area (Å²) in [5.41, 5.74) is 1.60. The molecular formula is C13H18N4. The summed E-state index contributed by atoms with van der Waals surface area (Å²) in [5.74, 6) is 0. The lowest BCUT2D eigenvalue weighted by atomic mass is 10.1. The lowest BCUT2D eigenvalue weighted by molar-refractivity contribution is 0.213. The summed E-state index contributed by atoms with van der Waals surface area (Å²) >= 11 is 0. The van der Waals surface area contributed by atoms with Gasteiger partial charge in [-0.3, -0.25) is 4.90 Å². The Kier molecular flexibility index (Phi) is 3.60. The van der Waals surface area contributed by atoms with Crippen molar-refractivity contribution >= 4 is 5.69 Å². The van der Waals surface area contributed by atoms with E-state index in [0.29, 0.717) is 11.7 Å². The second kappa shape index (κ2) is 5.15. The number of hydrogen-bond donors (Lipinski definition) is 0. The van der Waals surface area contributed by atoms with Gasteiger partial charge in [0.15, 0.2) is 0 Å². The number of rotatable bonds is 2. The van der Waals surface area contributed by atoms with E-state index in [1.807, 2.05) is 12.1 Å². The predicted molar refractivity (Wildman–Crippen MR) is 67.9 cm³/mol. The van der Waals surface area contributed by atoms with Crippen LogP contribution >= 0.6 is 0 Å². The maximum absolute atomic E-state index is 8.72. The van der Waals surface area contributed by atoms with Gasteiger partial charge in [0, 0.05) is 25.7 Å². The van der Waals surface area contributed by atoms with E-state index in [0.717, 1.165) is 31.7 Å². The van der Waals surface area contributed by atoms with E-state index in [1.165, 1.54) is 0 Å². The van der Waals surface area contributed by atoms with Gasteiger partial charge in [-0.05, 0) is 25.6 Å². The fraction of sp³-hybridized carbons (Fsp3) is 0.538. The van der Waals surface area contributed by atoms with Gasteiger partial charge in [-0.2, -0.15) is 5.26 Å². The highest BCUT2D eigenvalue weighted by molar-refractivity contribution is 5.46. The fourth-order valence-corrected chi connectivity index (χ4v) is 2.26. The van der Waals surface area contributed by atoms with E-state index >= 15 is 0 Å². The Hall–Kier alpha value is -1.60. The predicted octanol–water partition coefficient (Wildman–Crippen LogP) is 1.48. The van der Waals surface area contributed by atoms with Crippen LogP contribution in [0.3, 0.4) is 0 Å². The highest BCUT2D eigenvalue weighted by Crippen LogP contribution is 2.18. The highest BCUT2D eigenvalue weighted by atomic mass is 15.3. The number of nitrogens with zero attached hydrogens (tertiary/aromatic N) is 4. The van der Waals surface area contributed by atoms with Crippen molar-refractivity contribution in [2.24, 2.45) is 0 Å². The van der Waals surface area contributed by atoms with Crippen LogP contribution in [0.2, 0.25) is 0 Å². The second-order valence-electron chi connectivity index (χ2n) is 4.50. The minimum Gasteiger partial charge on any atom is -0.367 e. The zero-order chi connectivity index (χ0) is 12.3. The van der Waals surface area contributed by atoms with E-state index < -0.39 is 0 Å². The van der Waals surface area contributed by atoms with E-state index in [9.17, 15) is 0 Å². The molecule has 0 saturated carbocycles. The quantitative estimate of drug-likeness (QED) is 0.772. The average molecular weight is 230 g/mol. The summed E-state index contributed by atoms with van der Waals surface area (Å²) < 4.78 is 0. The van der Waals surface area contributed by atoms with Gasteiger partial charge in [-0.1, -0.05) is 6.92 Å². The van der Waals surface area contributed by atoms with Gasteiger partial charge in [0.25, 0.3) is 0 Å². The Labute approximate surface area is 102 Å². The third-order valence-corrected chi connectivity index (χ3v) is 3.48. The molecule has 17 heavy (non-hydrogen) atoms. The van der Waals surface area contributed by atoms with Crippen molar-refractivity contribution in [2.75, 3.05) is 31.6 Å².